The van der Waals surface area contributed by atoms with Crippen molar-refractivity contribution in [2.24, 2.45) is 0 Å². The molecule has 0 aromatic rings. The zero-order valence-corrected chi connectivity index (χ0v) is 6.56. The molecule has 4 nitrogen and oxygen atoms in total. The van der Waals surface area contributed by atoms with Crippen LogP contribution in [0.1, 0.15) is 6.92 Å². The van der Waals surface area contributed by atoms with Gasteiger partial charge in [-0.2, -0.15) is 0 Å². The second kappa shape index (κ2) is 2.73. The first-order valence-corrected chi connectivity index (χ1v) is 3.48. The standard InChI is InChI=1S/C8H10O4/c1-5-2-3-8(12,7(10)11)6(9)4-5/h2-4,6,9,12H,1H3,(H,10,11). The summed E-state index contributed by atoms with van der Waals surface area (Å²) < 4.78 is 0. The van der Waals surface area contributed by atoms with E-state index in [4.69, 9.17) is 5.11 Å². The number of aliphatic carboxylic acids is 1. The molecule has 0 amide bonds. The molecule has 12 heavy (non-hydrogen) atoms. The fourth-order valence-electron chi connectivity index (χ4n) is 0.986. The summed E-state index contributed by atoms with van der Waals surface area (Å²) in [6.45, 7) is 1.71. The maximum Gasteiger partial charge on any atom is 0.342 e. The van der Waals surface area contributed by atoms with Crippen molar-refractivity contribution in [3.8, 4) is 0 Å². The number of carboxylic acid groups (broad SMARTS) is 1. The quantitative estimate of drug-likeness (QED) is 0.504. The van der Waals surface area contributed by atoms with Gasteiger partial charge in [-0.3, -0.25) is 0 Å². The molecule has 0 aromatic heterocycles. The third-order valence-electron chi connectivity index (χ3n) is 1.81. The first kappa shape index (κ1) is 8.96. The van der Waals surface area contributed by atoms with Crippen LogP contribution in [0.15, 0.2) is 23.8 Å². The molecule has 0 aromatic carbocycles. The lowest BCUT2D eigenvalue weighted by atomic mass is 9.90. The Morgan fingerprint density at radius 2 is 2.25 bits per heavy atom. The highest BCUT2D eigenvalue weighted by Crippen LogP contribution is 2.21. The van der Waals surface area contributed by atoms with Crippen molar-refractivity contribution in [2.45, 2.75) is 18.6 Å². The molecule has 3 N–H and O–H groups in total. The van der Waals surface area contributed by atoms with Crippen molar-refractivity contribution in [1.29, 1.82) is 0 Å². The lowest BCUT2D eigenvalue weighted by molar-refractivity contribution is -0.160. The minimum atomic E-state index is -2.17. The Labute approximate surface area is 69.5 Å². The van der Waals surface area contributed by atoms with Gasteiger partial charge >= 0.3 is 5.97 Å². The summed E-state index contributed by atoms with van der Waals surface area (Å²) in [6.07, 6.45) is 2.46. The van der Waals surface area contributed by atoms with E-state index in [1.165, 1.54) is 12.2 Å². The molecule has 0 spiro atoms. The van der Waals surface area contributed by atoms with Crippen LogP contribution in [0.5, 0.6) is 0 Å². The highest BCUT2D eigenvalue weighted by atomic mass is 16.4. The SMILES string of the molecule is CC1=CC(O)C(O)(C(=O)O)C=C1. The van der Waals surface area contributed by atoms with Gasteiger partial charge in [0.1, 0.15) is 6.10 Å². The van der Waals surface area contributed by atoms with Gasteiger partial charge in [0.25, 0.3) is 0 Å². The lowest BCUT2D eigenvalue weighted by Crippen LogP contribution is -2.48. The number of rotatable bonds is 1. The summed E-state index contributed by atoms with van der Waals surface area (Å²) >= 11 is 0. The van der Waals surface area contributed by atoms with E-state index in [2.05, 4.69) is 0 Å². The molecule has 1 aliphatic carbocycles. The van der Waals surface area contributed by atoms with Crippen LogP contribution in [0.2, 0.25) is 0 Å². The molecule has 0 bridgehead atoms. The molecule has 0 radical (unpaired) electrons. The second-order valence-electron chi connectivity index (χ2n) is 2.82. The fourth-order valence-corrected chi connectivity index (χ4v) is 0.986. The number of carbonyl (C=O) groups is 1. The zero-order valence-electron chi connectivity index (χ0n) is 6.56. The molecule has 0 saturated heterocycles. The number of hydrogen-bond acceptors (Lipinski definition) is 3. The van der Waals surface area contributed by atoms with Crippen molar-refractivity contribution < 1.29 is 20.1 Å². The van der Waals surface area contributed by atoms with Crippen LogP contribution >= 0.6 is 0 Å². The molecule has 0 fully saturated rings. The molecular formula is C8H10O4. The Hall–Kier alpha value is -1.13. The molecule has 2 atom stereocenters. The van der Waals surface area contributed by atoms with Crippen molar-refractivity contribution in [2.75, 3.05) is 0 Å². The normalized spacial score (nSPS) is 34.6. The molecular weight excluding hydrogens is 160 g/mol. The Balaban J connectivity index is 2.99. The van der Waals surface area contributed by atoms with Crippen LogP contribution < -0.4 is 0 Å². The van der Waals surface area contributed by atoms with Crippen LogP contribution in [0.3, 0.4) is 0 Å². The summed E-state index contributed by atoms with van der Waals surface area (Å²) in [6, 6.07) is 0. The Kier molecular flexibility index (Phi) is 2.04. The van der Waals surface area contributed by atoms with Crippen molar-refractivity contribution in [3.63, 3.8) is 0 Å². The molecule has 0 aliphatic heterocycles. The van der Waals surface area contributed by atoms with E-state index in [-0.39, 0.29) is 0 Å². The van der Waals surface area contributed by atoms with E-state index in [0.29, 0.717) is 0 Å². The first-order valence-electron chi connectivity index (χ1n) is 3.48. The summed E-state index contributed by atoms with van der Waals surface area (Å²) in [5.41, 5.74) is -1.44. The van der Waals surface area contributed by atoms with Gasteiger partial charge in [0.15, 0.2) is 0 Å². The van der Waals surface area contributed by atoms with Gasteiger partial charge in [0, 0.05) is 0 Å². The van der Waals surface area contributed by atoms with Gasteiger partial charge in [0.05, 0.1) is 0 Å². The van der Waals surface area contributed by atoms with E-state index in [1.807, 2.05) is 0 Å². The van der Waals surface area contributed by atoms with Crippen molar-refractivity contribution in [3.05, 3.63) is 23.8 Å². The molecule has 0 heterocycles. The summed E-state index contributed by atoms with van der Waals surface area (Å²) in [7, 11) is 0. The van der Waals surface area contributed by atoms with Gasteiger partial charge in [-0.1, -0.05) is 11.6 Å². The van der Waals surface area contributed by atoms with Gasteiger partial charge in [-0.15, -0.1) is 0 Å². The molecule has 0 saturated carbocycles. The van der Waals surface area contributed by atoms with Gasteiger partial charge < -0.3 is 15.3 Å². The highest BCUT2D eigenvalue weighted by Gasteiger charge is 2.41. The average molecular weight is 170 g/mol. The molecule has 4 heteroatoms. The van der Waals surface area contributed by atoms with Crippen LogP contribution in [0.4, 0.5) is 0 Å². The Bertz CT molecular complexity index is 266. The van der Waals surface area contributed by atoms with Crippen LogP contribution in [0.25, 0.3) is 0 Å². The van der Waals surface area contributed by atoms with Gasteiger partial charge in [-0.05, 0) is 19.1 Å². The Morgan fingerprint density at radius 3 is 2.67 bits per heavy atom. The number of carboxylic acids is 1. The van der Waals surface area contributed by atoms with Gasteiger partial charge in [0.2, 0.25) is 5.60 Å². The van der Waals surface area contributed by atoms with E-state index in [9.17, 15) is 15.0 Å². The molecule has 2 unspecified atom stereocenters. The summed E-state index contributed by atoms with van der Waals surface area (Å²) in [4.78, 5) is 10.5. The maximum absolute atomic E-state index is 10.5. The maximum atomic E-state index is 10.5. The smallest absolute Gasteiger partial charge is 0.342 e. The average Bonchev–Trinajstić information content (AvgIpc) is 1.97. The van der Waals surface area contributed by atoms with E-state index >= 15 is 0 Å². The first-order chi connectivity index (χ1) is 5.47. The minimum Gasteiger partial charge on any atom is -0.479 e. The number of hydrogen-bond donors (Lipinski definition) is 3. The largest absolute Gasteiger partial charge is 0.479 e. The van der Waals surface area contributed by atoms with Crippen molar-refractivity contribution in [1.82, 2.24) is 0 Å². The Morgan fingerprint density at radius 1 is 1.67 bits per heavy atom. The third-order valence-corrected chi connectivity index (χ3v) is 1.81. The zero-order chi connectivity index (χ0) is 9.35. The predicted octanol–water partition coefficient (Wildman–Crippen LogP) is -0.321. The minimum absolute atomic E-state index is 0.730. The number of aliphatic hydroxyl groups is 2. The fraction of sp³-hybridized carbons (Fsp3) is 0.375. The number of aliphatic hydroxyl groups excluding tert-OH is 1. The third kappa shape index (κ3) is 1.26. The summed E-state index contributed by atoms with van der Waals surface area (Å²) in [5, 5.41) is 27.1. The van der Waals surface area contributed by atoms with Gasteiger partial charge in [-0.25, -0.2) is 4.79 Å². The number of allylic oxidation sites excluding steroid dienone is 2. The topological polar surface area (TPSA) is 77.8 Å². The highest BCUT2D eigenvalue weighted by molar-refractivity contribution is 5.81. The molecule has 66 valence electrons. The van der Waals surface area contributed by atoms with Crippen LogP contribution in [-0.4, -0.2) is 33.0 Å². The monoisotopic (exact) mass is 170 g/mol. The van der Waals surface area contributed by atoms with E-state index < -0.39 is 17.7 Å². The van der Waals surface area contributed by atoms with Crippen molar-refractivity contribution >= 4 is 5.97 Å². The lowest BCUT2D eigenvalue weighted by Gasteiger charge is -2.26. The molecule has 1 rings (SSSR count). The van der Waals surface area contributed by atoms with Crippen LogP contribution in [-0.2, 0) is 4.79 Å². The summed E-state index contributed by atoms with van der Waals surface area (Å²) in [5.74, 6) is -1.45. The van der Waals surface area contributed by atoms with E-state index in [0.717, 1.165) is 11.6 Å². The molecule has 1 aliphatic rings. The second-order valence-corrected chi connectivity index (χ2v) is 2.82. The predicted molar refractivity (Wildman–Crippen MR) is 41.5 cm³/mol. The van der Waals surface area contributed by atoms with E-state index in [1.54, 1.807) is 6.92 Å². The van der Waals surface area contributed by atoms with Crippen LogP contribution in [0, 0.1) is 0 Å².